The number of anilines is 1. The van der Waals surface area contributed by atoms with Gasteiger partial charge in [0.15, 0.2) is 17.0 Å². The summed E-state index contributed by atoms with van der Waals surface area (Å²) >= 11 is 0. The van der Waals surface area contributed by atoms with E-state index >= 15 is 0 Å². The highest BCUT2D eigenvalue weighted by atomic mass is 19.4. The highest BCUT2D eigenvalue weighted by Crippen LogP contribution is 2.33. The first kappa shape index (κ1) is 26.1. The number of alkyl halides is 3. The van der Waals surface area contributed by atoms with Gasteiger partial charge in [-0.25, -0.2) is 19.7 Å². The van der Waals surface area contributed by atoms with Crippen LogP contribution in [0, 0.1) is 0 Å². The first-order valence-electron chi connectivity index (χ1n) is 11.6. The third-order valence-corrected chi connectivity index (χ3v) is 5.87. The molecule has 1 fully saturated rings. The first-order valence-corrected chi connectivity index (χ1v) is 11.6. The Labute approximate surface area is 218 Å². The van der Waals surface area contributed by atoms with Crippen molar-refractivity contribution in [2.24, 2.45) is 0 Å². The third kappa shape index (κ3) is 5.81. The molecule has 2 aromatic carbocycles. The zero-order valence-electron chi connectivity index (χ0n) is 19.9. The van der Waals surface area contributed by atoms with Gasteiger partial charge in [-0.3, -0.25) is 9.36 Å². The smallest absolute Gasteiger partial charge is 0.431 e. The average Bonchev–Trinajstić information content (AvgIpc) is 3.51. The van der Waals surface area contributed by atoms with Gasteiger partial charge in [0, 0.05) is 12.0 Å². The van der Waals surface area contributed by atoms with Crippen molar-refractivity contribution in [3.8, 4) is 5.75 Å². The standard InChI is InChI=1S/C25H20F3N5O6/c26-25(27,28)15-7-4-8-16(9-15)38-24(36)37-11-18-17(34)10-19(39-18)33-13-31-20-21(29-12-30-22(20)33)32-23(35)14-5-2-1-3-6-14/h1-9,12-13,17-19,34H,10-11H2,(H,29,30,32,35)/t17-,18+,19+/m0/s1. The van der Waals surface area contributed by atoms with Crippen molar-refractivity contribution in [3.05, 3.63) is 78.4 Å². The number of hydrogen-bond donors (Lipinski definition) is 2. The fraction of sp³-hybridized carbons (Fsp3) is 0.240. The molecule has 11 nitrogen and oxygen atoms in total. The number of amides is 1. The van der Waals surface area contributed by atoms with Gasteiger partial charge >= 0.3 is 12.3 Å². The zero-order chi connectivity index (χ0) is 27.6. The minimum atomic E-state index is -4.60. The summed E-state index contributed by atoms with van der Waals surface area (Å²) < 4.78 is 55.7. The van der Waals surface area contributed by atoms with Crippen LogP contribution in [0.15, 0.2) is 67.3 Å². The maximum Gasteiger partial charge on any atom is 0.513 e. The molecule has 0 saturated carbocycles. The van der Waals surface area contributed by atoms with E-state index in [1.165, 1.54) is 18.7 Å². The normalized spacial score (nSPS) is 19.1. The number of nitrogens with one attached hydrogen (secondary N) is 1. The molecule has 3 heterocycles. The van der Waals surface area contributed by atoms with Crippen molar-refractivity contribution in [1.82, 2.24) is 19.5 Å². The molecule has 1 saturated heterocycles. The Hall–Kier alpha value is -4.56. The molecule has 4 aromatic rings. The molecule has 39 heavy (non-hydrogen) atoms. The van der Waals surface area contributed by atoms with E-state index in [0.29, 0.717) is 22.8 Å². The number of aromatic nitrogens is 4. The van der Waals surface area contributed by atoms with E-state index < -0.39 is 42.9 Å². The Morgan fingerprint density at radius 1 is 1.10 bits per heavy atom. The van der Waals surface area contributed by atoms with E-state index in [9.17, 15) is 27.9 Å². The Morgan fingerprint density at radius 2 is 1.90 bits per heavy atom. The minimum Gasteiger partial charge on any atom is -0.431 e. The van der Waals surface area contributed by atoms with Crippen LogP contribution >= 0.6 is 0 Å². The first-order chi connectivity index (χ1) is 18.7. The molecule has 2 N–H and O–H groups in total. The lowest BCUT2D eigenvalue weighted by molar-refractivity contribution is -0.137. The maximum atomic E-state index is 12.9. The van der Waals surface area contributed by atoms with Crippen molar-refractivity contribution >= 4 is 29.0 Å². The van der Waals surface area contributed by atoms with Gasteiger partial charge < -0.3 is 24.6 Å². The summed E-state index contributed by atoms with van der Waals surface area (Å²) in [7, 11) is 0. The van der Waals surface area contributed by atoms with E-state index in [4.69, 9.17) is 14.2 Å². The SMILES string of the molecule is O=C(OC[C@H]1O[C@@H](n2cnc3c(NC(=O)c4ccccc4)ncnc32)C[C@@H]1O)Oc1cccc(C(F)(F)F)c1. The highest BCUT2D eigenvalue weighted by molar-refractivity contribution is 6.06. The fourth-order valence-electron chi connectivity index (χ4n) is 3.97. The fourth-order valence-corrected chi connectivity index (χ4v) is 3.97. The Kier molecular flexibility index (Phi) is 7.13. The van der Waals surface area contributed by atoms with Crippen LogP contribution in [0.4, 0.5) is 23.8 Å². The van der Waals surface area contributed by atoms with E-state index in [1.807, 2.05) is 0 Å². The minimum absolute atomic E-state index is 0.0951. The van der Waals surface area contributed by atoms with Crippen molar-refractivity contribution < 1.29 is 42.1 Å². The van der Waals surface area contributed by atoms with E-state index in [-0.39, 0.29) is 23.9 Å². The second-order valence-electron chi connectivity index (χ2n) is 8.49. The third-order valence-electron chi connectivity index (χ3n) is 5.87. The molecule has 5 rings (SSSR count). The lowest BCUT2D eigenvalue weighted by atomic mass is 10.2. The van der Waals surface area contributed by atoms with Crippen molar-refractivity contribution in [2.75, 3.05) is 11.9 Å². The number of ether oxygens (including phenoxy) is 3. The molecule has 1 aliphatic rings. The van der Waals surface area contributed by atoms with Crippen LogP contribution in [0.5, 0.6) is 5.75 Å². The second-order valence-corrected chi connectivity index (χ2v) is 8.49. The lowest BCUT2D eigenvalue weighted by Gasteiger charge is -2.16. The predicted octanol–water partition coefficient (Wildman–Crippen LogP) is 3.96. The van der Waals surface area contributed by atoms with Gasteiger partial charge in [-0.2, -0.15) is 13.2 Å². The van der Waals surface area contributed by atoms with Gasteiger partial charge in [-0.15, -0.1) is 0 Å². The van der Waals surface area contributed by atoms with Gasteiger partial charge in [0.2, 0.25) is 0 Å². The number of aliphatic hydroxyl groups excluding tert-OH is 1. The summed E-state index contributed by atoms with van der Waals surface area (Å²) in [5.74, 6) is -0.546. The van der Waals surface area contributed by atoms with Gasteiger partial charge in [0.25, 0.3) is 5.91 Å². The molecular weight excluding hydrogens is 523 g/mol. The molecule has 0 spiro atoms. The second kappa shape index (κ2) is 10.7. The van der Waals surface area contributed by atoms with Gasteiger partial charge in [-0.05, 0) is 30.3 Å². The summed E-state index contributed by atoms with van der Waals surface area (Å²) in [5, 5.41) is 13.1. The number of hydrogen-bond acceptors (Lipinski definition) is 9. The van der Waals surface area contributed by atoms with Gasteiger partial charge in [-0.1, -0.05) is 24.3 Å². The zero-order valence-corrected chi connectivity index (χ0v) is 19.9. The molecule has 1 aliphatic heterocycles. The van der Waals surface area contributed by atoms with Crippen LogP contribution in [-0.4, -0.2) is 55.5 Å². The number of carbonyl (C=O) groups is 2. The summed E-state index contributed by atoms with van der Waals surface area (Å²) in [6.07, 6.45) is -5.85. The van der Waals surface area contributed by atoms with E-state index in [2.05, 4.69) is 20.3 Å². The van der Waals surface area contributed by atoms with Crippen LogP contribution in [0.25, 0.3) is 11.2 Å². The Bertz CT molecular complexity index is 1500. The van der Waals surface area contributed by atoms with Crippen LogP contribution < -0.4 is 10.1 Å². The lowest BCUT2D eigenvalue weighted by Crippen LogP contribution is -2.28. The number of imidazole rings is 1. The molecule has 0 bridgehead atoms. The van der Waals surface area contributed by atoms with E-state index in [0.717, 1.165) is 12.1 Å². The molecule has 2 aromatic heterocycles. The van der Waals surface area contributed by atoms with Crippen LogP contribution in [0.1, 0.15) is 28.6 Å². The molecule has 0 radical (unpaired) electrons. The van der Waals surface area contributed by atoms with Crippen LogP contribution in [0.2, 0.25) is 0 Å². The van der Waals surface area contributed by atoms with Crippen LogP contribution in [-0.2, 0) is 15.7 Å². The molecule has 202 valence electrons. The Morgan fingerprint density at radius 3 is 2.67 bits per heavy atom. The molecular formula is C25H20F3N5O6. The quantitative estimate of drug-likeness (QED) is 0.273. The molecule has 1 amide bonds. The number of nitrogens with zero attached hydrogens (tertiary/aromatic N) is 4. The summed E-state index contributed by atoms with van der Waals surface area (Å²) in [6.45, 7) is -0.421. The summed E-state index contributed by atoms with van der Waals surface area (Å²) in [5.41, 5.74) is 0.0741. The van der Waals surface area contributed by atoms with Gasteiger partial charge in [0.1, 0.15) is 31.0 Å². The molecule has 0 aliphatic carbocycles. The topological polar surface area (TPSA) is 138 Å². The average molecular weight is 543 g/mol. The van der Waals surface area contributed by atoms with Gasteiger partial charge in [0.05, 0.1) is 18.0 Å². The molecule has 0 unspecified atom stereocenters. The maximum absolute atomic E-state index is 12.9. The number of fused-ring (bicyclic) bond motifs is 1. The number of aliphatic hydroxyl groups is 1. The molecule has 14 heteroatoms. The number of rotatable bonds is 6. The largest absolute Gasteiger partial charge is 0.513 e. The van der Waals surface area contributed by atoms with E-state index in [1.54, 1.807) is 34.9 Å². The van der Waals surface area contributed by atoms with Crippen LogP contribution in [0.3, 0.4) is 0 Å². The van der Waals surface area contributed by atoms with Crippen molar-refractivity contribution in [2.45, 2.75) is 31.0 Å². The summed E-state index contributed by atoms with van der Waals surface area (Å²) in [6, 6.07) is 12.3. The highest BCUT2D eigenvalue weighted by Gasteiger charge is 2.37. The summed E-state index contributed by atoms with van der Waals surface area (Å²) in [4.78, 5) is 37.2. The predicted molar refractivity (Wildman–Crippen MR) is 128 cm³/mol. The Balaban J connectivity index is 1.22. The number of carbonyl (C=O) groups excluding carboxylic acids is 2. The van der Waals surface area contributed by atoms with Crippen molar-refractivity contribution in [3.63, 3.8) is 0 Å². The number of benzene rings is 2. The van der Waals surface area contributed by atoms with Crippen molar-refractivity contribution in [1.29, 1.82) is 0 Å². The molecule has 3 atom stereocenters. The monoisotopic (exact) mass is 543 g/mol. The number of halogens is 3.